The maximum atomic E-state index is 2.64. The normalized spacial score (nSPS) is 21.3. The zero-order chi connectivity index (χ0) is 21.1. The summed E-state index contributed by atoms with van der Waals surface area (Å²) in [6.07, 6.45) is 4.94. The van der Waals surface area contributed by atoms with Crippen molar-refractivity contribution in [2.45, 2.75) is 94.4 Å². The molecule has 0 saturated heterocycles. The van der Waals surface area contributed by atoms with E-state index in [1.807, 2.05) is 5.57 Å². The van der Waals surface area contributed by atoms with Crippen LogP contribution in [0.5, 0.6) is 0 Å². The minimum absolute atomic E-state index is 0.278. The Bertz CT molecular complexity index is 733. The van der Waals surface area contributed by atoms with Gasteiger partial charge in [-0.05, 0) is 0 Å². The van der Waals surface area contributed by atoms with Gasteiger partial charge < -0.3 is 0 Å². The van der Waals surface area contributed by atoms with E-state index in [0.717, 1.165) is 18.8 Å². The summed E-state index contributed by atoms with van der Waals surface area (Å²) in [6, 6.07) is 8.96. The van der Waals surface area contributed by atoms with Crippen LogP contribution in [-0.4, -0.2) is 9.52 Å². The SMILES string of the molecule is CCc1cc(CC)cc([SiH2]C[C]2([Ti]([CH3])[CH3])C(C)=C(C)C(C)=C2CC(C)CC)c1. The number of hydrogen-bond acceptors (Lipinski definition) is 0. The van der Waals surface area contributed by atoms with E-state index in [1.54, 1.807) is 33.0 Å². The van der Waals surface area contributed by atoms with Gasteiger partial charge in [-0.3, -0.25) is 0 Å². The van der Waals surface area contributed by atoms with Crippen LogP contribution in [0.25, 0.3) is 0 Å². The van der Waals surface area contributed by atoms with Crippen LogP contribution in [0.15, 0.2) is 40.5 Å². The third-order valence-corrected chi connectivity index (χ3v) is 14.4. The molecule has 0 radical (unpaired) electrons. The average Bonchev–Trinajstić information content (AvgIpc) is 2.87. The maximum absolute atomic E-state index is 2.64. The van der Waals surface area contributed by atoms with E-state index in [1.165, 1.54) is 18.9 Å². The van der Waals surface area contributed by atoms with Gasteiger partial charge in [0.2, 0.25) is 0 Å². The fraction of sp³-hybridized carbons (Fsp3) is 0.615. The van der Waals surface area contributed by atoms with Crippen LogP contribution in [0.2, 0.25) is 20.2 Å². The van der Waals surface area contributed by atoms with Gasteiger partial charge in [0, 0.05) is 0 Å². The molecule has 0 heterocycles. The van der Waals surface area contributed by atoms with Crippen molar-refractivity contribution in [3.8, 4) is 0 Å². The summed E-state index contributed by atoms with van der Waals surface area (Å²) in [7, 11) is -0.278. The number of benzene rings is 1. The van der Waals surface area contributed by atoms with Gasteiger partial charge in [0.1, 0.15) is 0 Å². The number of rotatable bonds is 9. The molecule has 0 aromatic heterocycles. The Morgan fingerprint density at radius 2 is 1.50 bits per heavy atom. The number of hydrogen-bond donors (Lipinski definition) is 0. The predicted octanol–water partition coefficient (Wildman–Crippen LogP) is 7.00. The van der Waals surface area contributed by atoms with E-state index in [4.69, 9.17) is 0 Å². The van der Waals surface area contributed by atoms with E-state index in [0.29, 0.717) is 3.72 Å². The first kappa shape index (κ1) is 23.9. The Labute approximate surface area is 183 Å². The van der Waals surface area contributed by atoms with E-state index in [2.05, 4.69) is 77.1 Å². The fourth-order valence-corrected chi connectivity index (χ4v) is 13.6. The average molecular weight is 432 g/mol. The molecule has 0 saturated carbocycles. The summed E-state index contributed by atoms with van der Waals surface area (Å²) >= 11 is -1.19. The second-order valence-corrected chi connectivity index (χ2v) is 15.6. The molecular weight excluding hydrogens is 388 g/mol. The van der Waals surface area contributed by atoms with Crippen LogP contribution >= 0.6 is 0 Å². The van der Waals surface area contributed by atoms with Crippen molar-refractivity contribution in [1.29, 1.82) is 0 Å². The van der Waals surface area contributed by atoms with Gasteiger partial charge in [-0.15, -0.1) is 0 Å². The van der Waals surface area contributed by atoms with Crippen molar-refractivity contribution in [3.63, 3.8) is 0 Å². The molecular formula is C26H43SiTi. The molecule has 0 aliphatic heterocycles. The van der Waals surface area contributed by atoms with Gasteiger partial charge in [-0.2, -0.15) is 0 Å². The van der Waals surface area contributed by atoms with Crippen LogP contribution in [-0.2, 0) is 30.7 Å². The van der Waals surface area contributed by atoms with E-state index < -0.39 is 17.9 Å². The zero-order valence-electron chi connectivity index (χ0n) is 20.1. The Kier molecular flexibility index (Phi) is 8.62. The molecule has 0 fully saturated rings. The quantitative estimate of drug-likeness (QED) is 0.369. The summed E-state index contributed by atoms with van der Waals surface area (Å²) in [5.74, 6) is 0.803. The third-order valence-electron chi connectivity index (χ3n) is 7.55. The Morgan fingerprint density at radius 1 is 0.929 bits per heavy atom. The third kappa shape index (κ3) is 4.68. The van der Waals surface area contributed by atoms with Crippen LogP contribution in [0.3, 0.4) is 0 Å². The molecule has 2 heteroatoms. The monoisotopic (exact) mass is 431 g/mol. The summed E-state index contributed by atoms with van der Waals surface area (Å²) in [4.78, 5) is 0. The van der Waals surface area contributed by atoms with Crippen LogP contribution in [0.4, 0.5) is 0 Å². The molecule has 2 atom stereocenters. The van der Waals surface area contributed by atoms with Crippen molar-refractivity contribution in [2.24, 2.45) is 5.92 Å². The summed E-state index contributed by atoms with van der Waals surface area (Å²) in [5, 5.41) is 6.98. The first-order valence-electron chi connectivity index (χ1n) is 11.5. The molecule has 0 spiro atoms. The van der Waals surface area contributed by atoms with E-state index in [-0.39, 0.29) is 9.52 Å². The Morgan fingerprint density at radius 3 is 1.96 bits per heavy atom. The zero-order valence-corrected chi connectivity index (χ0v) is 23.0. The Balaban J connectivity index is 2.42. The number of allylic oxidation sites excluding steroid dienone is 4. The molecule has 155 valence electrons. The van der Waals surface area contributed by atoms with Gasteiger partial charge in [0.05, 0.1) is 0 Å². The van der Waals surface area contributed by atoms with E-state index >= 15 is 0 Å². The molecule has 1 aliphatic carbocycles. The topological polar surface area (TPSA) is 0 Å². The Hall–Kier alpha value is -0.369. The second-order valence-electron chi connectivity index (χ2n) is 9.34. The van der Waals surface area contributed by atoms with Crippen molar-refractivity contribution in [3.05, 3.63) is 51.6 Å². The van der Waals surface area contributed by atoms with Gasteiger partial charge in [-0.25, -0.2) is 0 Å². The fourth-order valence-electron chi connectivity index (χ4n) is 5.18. The minimum atomic E-state index is -1.19. The predicted molar refractivity (Wildman–Crippen MR) is 128 cm³/mol. The first-order chi connectivity index (χ1) is 13.2. The molecule has 0 bridgehead atoms. The molecule has 2 rings (SSSR count). The molecule has 1 aromatic rings. The van der Waals surface area contributed by atoms with E-state index in [9.17, 15) is 0 Å². The summed E-state index contributed by atoms with van der Waals surface area (Å²) < 4.78 is 0.471. The molecule has 0 amide bonds. The van der Waals surface area contributed by atoms with Crippen LogP contribution in [0.1, 0.15) is 72.4 Å². The molecule has 0 N–H and O–H groups in total. The van der Waals surface area contributed by atoms with Crippen molar-refractivity contribution in [1.82, 2.24) is 0 Å². The van der Waals surface area contributed by atoms with Gasteiger partial charge in [0.25, 0.3) is 0 Å². The van der Waals surface area contributed by atoms with Crippen molar-refractivity contribution >= 4 is 14.7 Å². The molecule has 2 unspecified atom stereocenters. The standard InChI is InChI=1S/C24H37Si.2CH3.Ti/c1-8-16(4)11-23-18(6)17(5)19(7)24(23)15-25-22-13-20(9-2)12-21(10-3)14-22;;;/h12-14,16H,8-11,15,25H2,1-7H3;2*1H3;. The van der Waals surface area contributed by atoms with Gasteiger partial charge in [0.15, 0.2) is 0 Å². The van der Waals surface area contributed by atoms with Crippen LogP contribution < -0.4 is 5.19 Å². The molecule has 1 aliphatic rings. The molecule has 0 nitrogen and oxygen atoms in total. The first-order valence-corrected chi connectivity index (χ1v) is 17.1. The van der Waals surface area contributed by atoms with Crippen molar-refractivity contribution < 1.29 is 17.9 Å². The van der Waals surface area contributed by atoms with Gasteiger partial charge >= 0.3 is 184 Å². The second kappa shape index (κ2) is 10.1. The summed E-state index contributed by atoms with van der Waals surface area (Å²) in [5.41, 5.74) is 9.96. The van der Waals surface area contributed by atoms with Crippen molar-refractivity contribution in [2.75, 3.05) is 0 Å². The number of aryl methyl sites for hydroxylation is 2. The summed E-state index contributed by atoms with van der Waals surface area (Å²) in [6.45, 7) is 16.7. The molecule has 28 heavy (non-hydrogen) atoms. The van der Waals surface area contributed by atoms with Gasteiger partial charge in [-0.1, -0.05) is 0 Å². The molecule has 1 aromatic carbocycles. The van der Waals surface area contributed by atoms with Crippen LogP contribution in [0, 0.1) is 5.92 Å².